The van der Waals surface area contributed by atoms with E-state index in [0.717, 1.165) is 25.3 Å². The van der Waals surface area contributed by atoms with E-state index in [4.69, 9.17) is 11.5 Å². The largest absolute Gasteiger partial charge is 0.329 e. The highest BCUT2D eigenvalue weighted by Gasteiger charge is 2.07. The van der Waals surface area contributed by atoms with Crippen molar-refractivity contribution in [3.05, 3.63) is 18.0 Å². The van der Waals surface area contributed by atoms with Gasteiger partial charge in [-0.1, -0.05) is 0 Å². The van der Waals surface area contributed by atoms with Gasteiger partial charge in [0.15, 0.2) is 0 Å². The fourth-order valence-corrected chi connectivity index (χ4v) is 1.61. The number of hydrogen-bond donors (Lipinski definition) is 2. The highest BCUT2D eigenvalue weighted by atomic mass is 15.3. The van der Waals surface area contributed by atoms with E-state index in [1.165, 1.54) is 0 Å². The Morgan fingerprint density at radius 2 is 1.94 bits per heavy atom. The Balaban J connectivity index is 2.55. The van der Waals surface area contributed by atoms with Gasteiger partial charge in [-0.3, -0.25) is 9.58 Å². The quantitative estimate of drug-likeness (QED) is 0.694. The van der Waals surface area contributed by atoms with Crippen LogP contribution in [-0.2, 0) is 6.54 Å². The van der Waals surface area contributed by atoms with Crippen LogP contribution in [0.4, 0.5) is 0 Å². The predicted octanol–water partition coefficient (Wildman–Crippen LogP) is 0.183. The molecule has 16 heavy (non-hydrogen) atoms. The molecule has 1 aromatic rings. The van der Waals surface area contributed by atoms with Crippen molar-refractivity contribution in [3.63, 3.8) is 0 Å². The highest BCUT2D eigenvalue weighted by molar-refractivity contribution is 4.99. The first-order valence-corrected chi connectivity index (χ1v) is 5.84. The second kappa shape index (κ2) is 6.62. The zero-order valence-corrected chi connectivity index (χ0v) is 10.3. The topological polar surface area (TPSA) is 73.1 Å². The molecule has 5 nitrogen and oxygen atoms in total. The summed E-state index contributed by atoms with van der Waals surface area (Å²) < 4.78 is 1.97. The van der Waals surface area contributed by atoms with E-state index in [1.807, 2.05) is 10.9 Å². The minimum atomic E-state index is 0.409. The summed E-state index contributed by atoms with van der Waals surface area (Å²) in [6, 6.07) is 2.46. The molecular formula is C11H23N5. The molecular weight excluding hydrogens is 202 g/mol. The molecule has 0 spiro atoms. The van der Waals surface area contributed by atoms with Gasteiger partial charge in [0.05, 0.1) is 5.69 Å². The first kappa shape index (κ1) is 13.2. The van der Waals surface area contributed by atoms with Crippen LogP contribution in [0.25, 0.3) is 0 Å². The fourth-order valence-electron chi connectivity index (χ4n) is 1.61. The summed E-state index contributed by atoms with van der Waals surface area (Å²) in [6.07, 6.45) is 2.02. The second-order valence-electron chi connectivity index (χ2n) is 4.23. The summed E-state index contributed by atoms with van der Waals surface area (Å²) in [5.74, 6) is 0. The summed E-state index contributed by atoms with van der Waals surface area (Å²) in [5.41, 5.74) is 12.2. The number of nitrogens with zero attached hydrogens (tertiary/aromatic N) is 3. The van der Waals surface area contributed by atoms with Gasteiger partial charge in [-0.05, 0) is 19.9 Å². The Kier molecular flexibility index (Phi) is 5.45. The molecule has 1 rings (SSSR count). The molecule has 0 aliphatic heterocycles. The Bertz CT molecular complexity index is 288. The van der Waals surface area contributed by atoms with Crippen LogP contribution in [0.3, 0.4) is 0 Å². The van der Waals surface area contributed by atoms with Crippen LogP contribution in [0.1, 0.15) is 25.6 Å². The minimum Gasteiger partial charge on any atom is -0.329 e. The van der Waals surface area contributed by atoms with Gasteiger partial charge in [-0.2, -0.15) is 5.10 Å². The van der Waals surface area contributed by atoms with E-state index in [0.29, 0.717) is 19.1 Å². The van der Waals surface area contributed by atoms with Gasteiger partial charge in [0, 0.05) is 45.0 Å². The number of nitrogens with two attached hydrogens (primary N) is 2. The van der Waals surface area contributed by atoms with Crippen LogP contribution in [0, 0.1) is 0 Å². The molecule has 1 heterocycles. The predicted molar refractivity (Wildman–Crippen MR) is 66.0 cm³/mol. The lowest BCUT2D eigenvalue weighted by molar-refractivity contribution is 0.276. The van der Waals surface area contributed by atoms with Gasteiger partial charge in [-0.25, -0.2) is 0 Å². The zero-order valence-electron chi connectivity index (χ0n) is 10.3. The zero-order chi connectivity index (χ0) is 12.0. The van der Waals surface area contributed by atoms with E-state index >= 15 is 0 Å². The molecule has 4 N–H and O–H groups in total. The van der Waals surface area contributed by atoms with E-state index in [2.05, 4.69) is 29.9 Å². The van der Waals surface area contributed by atoms with Crippen molar-refractivity contribution in [2.75, 3.05) is 26.2 Å². The van der Waals surface area contributed by atoms with E-state index < -0.39 is 0 Å². The van der Waals surface area contributed by atoms with Crippen molar-refractivity contribution in [2.24, 2.45) is 11.5 Å². The van der Waals surface area contributed by atoms with Crippen molar-refractivity contribution in [3.8, 4) is 0 Å². The maximum absolute atomic E-state index is 5.56. The first-order valence-electron chi connectivity index (χ1n) is 5.84. The number of rotatable bonds is 7. The first-order chi connectivity index (χ1) is 7.67. The molecule has 0 fully saturated rings. The number of aromatic nitrogens is 2. The van der Waals surface area contributed by atoms with Gasteiger partial charge in [0.1, 0.15) is 0 Å². The average molecular weight is 225 g/mol. The second-order valence-corrected chi connectivity index (χ2v) is 4.23. The third-order valence-corrected chi connectivity index (χ3v) is 2.47. The Labute approximate surface area is 97.4 Å². The van der Waals surface area contributed by atoms with E-state index in [9.17, 15) is 0 Å². The van der Waals surface area contributed by atoms with Crippen LogP contribution in [0.15, 0.2) is 12.3 Å². The monoisotopic (exact) mass is 225 g/mol. The number of hydrogen-bond acceptors (Lipinski definition) is 4. The molecule has 0 unspecified atom stereocenters. The third kappa shape index (κ3) is 3.92. The van der Waals surface area contributed by atoms with Crippen molar-refractivity contribution in [2.45, 2.75) is 26.4 Å². The van der Waals surface area contributed by atoms with E-state index in [1.54, 1.807) is 0 Å². The van der Waals surface area contributed by atoms with Gasteiger partial charge >= 0.3 is 0 Å². The van der Waals surface area contributed by atoms with Crippen molar-refractivity contribution in [1.82, 2.24) is 14.7 Å². The van der Waals surface area contributed by atoms with Gasteiger partial charge in [0.2, 0.25) is 0 Å². The minimum absolute atomic E-state index is 0.409. The SMILES string of the molecule is CC(C)n1ccc(CN(CCN)CCN)n1. The highest BCUT2D eigenvalue weighted by Crippen LogP contribution is 2.06. The summed E-state index contributed by atoms with van der Waals surface area (Å²) in [5, 5.41) is 4.51. The standard InChI is InChI=1S/C11H23N5/c1-10(2)16-6-3-11(14-16)9-15(7-4-12)8-5-13/h3,6,10H,4-5,7-9,12-13H2,1-2H3. The van der Waals surface area contributed by atoms with E-state index in [-0.39, 0.29) is 0 Å². The third-order valence-electron chi connectivity index (χ3n) is 2.47. The molecule has 1 aromatic heterocycles. The van der Waals surface area contributed by atoms with Crippen molar-refractivity contribution < 1.29 is 0 Å². The summed E-state index contributed by atoms with van der Waals surface area (Å²) in [4.78, 5) is 2.23. The smallest absolute Gasteiger partial charge is 0.0764 e. The van der Waals surface area contributed by atoms with Crippen LogP contribution in [0.5, 0.6) is 0 Å². The molecule has 0 aromatic carbocycles. The van der Waals surface area contributed by atoms with Crippen LogP contribution < -0.4 is 11.5 Å². The lowest BCUT2D eigenvalue weighted by Gasteiger charge is -2.19. The molecule has 0 saturated carbocycles. The maximum atomic E-state index is 5.56. The average Bonchev–Trinajstić information content (AvgIpc) is 2.67. The van der Waals surface area contributed by atoms with Gasteiger partial charge in [-0.15, -0.1) is 0 Å². The molecule has 0 radical (unpaired) electrons. The lowest BCUT2D eigenvalue weighted by Crippen LogP contribution is -2.33. The Morgan fingerprint density at radius 3 is 2.38 bits per heavy atom. The summed E-state index contributed by atoms with van der Waals surface area (Å²) in [7, 11) is 0. The fraction of sp³-hybridized carbons (Fsp3) is 0.727. The molecule has 5 heteroatoms. The Morgan fingerprint density at radius 1 is 1.31 bits per heavy atom. The summed E-state index contributed by atoms with van der Waals surface area (Å²) >= 11 is 0. The summed E-state index contributed by atoms with van der Waals surface area (Å²) in [6.45, 7) is 8.12. The molecule has 0 bridgehead atoms. The molecule has 0 aliphatic carbocycles. The lowest BCUT2D eigenvalue weighted by atomic mass is 10.3. The molecule has 0 atom stereocenters. The van der Waals surface area contributed by atoms with Crippen LogP contribution in [-0.4, -0.2) is 40.9 Å². The molecule has 0 aliphatic rings. The Hall–Kier alpha value is -0.910. The van der Waals surface area contributed by atoms with Gasteiger partial charge < -0.3 is 11.5 Å². The van der Waals surface area contributed by atoms with Gasteiger partial charge in [0.25, 0.3) is 0 Å². The molecule has 0 amide bonds. The van der Waals surface area contributed by atoms with Crippen molar-refractivity contribution in [1.29, 1.82) is 0 Å². The maximum Gasteiger partial charge on any atom is 0.0764 e. The normalized spacial score (nSPS) is 11.6. The molecule has 0 saturated heterocycles. The molecule has 92 valence electrons. The van der Waals surface area contributed by atoms with Crippen molar-refractivity contribution >= 4 is 0 Å². The van der Waals surface area contributed by atoms with Crippen LogP contribution >= 0.6 is 0 Å². The van der Waals surface area contributed by atoms with Crippen LogP contribution in [0.2, 0.25) is 0 Å².